The molecule has 120 valence electrons. The molecule has 1 aromatic heterocycles. The predicted octanol–water partition coefficient (Wildman–Crippen LogP) is 2.68. The fourth-order valence-corrected chi connectivity index (χ4v) is 3.06. The van der Waals surface area contributed by atoms with E-state index < -0.39 is 11.7 Å². The van der Waals surface area contributed by atoms with Gasteiger partial charge in [-0.05, 0) is 22.0 Å². The van der Waals surface area contributed by atoms with Gasteiger partial charge in [0.25, 0.3) is 5.92 Å². The number of likely N-dealkylation sites (tertiary alicyclic amines) is 1. The maximum atomic E-state index is 13.8. The van der Waals surface area contributed by atoms with Crippen LogP contribution in [-0.2, 0) is 4.79 Å². The lowest BCUT2D eigenvalue weighted by Gasteiger charge is -2.42. The van der Waals surface area contributed by atoms with E-state index in [0.29, 0.717) is 17.6 Å². The van der Waals surface area contributed by atoms with Gasteiger partial charge in [0, 0.05) is 49.7 Å². The second-order valence-electron chi connectivity index (χ2n) is 5.74. The maximum Gasteiger partial charge on any atom is 0.251 e. The van der Waals surface area contributed by atoms with Crippen molar-refractivity contribution < 1.29 is 18.0 Å². The van der Waals surface area contributed by atoms with Gasteiger partial charge in [0.15, 0.2) is 11.6 Å². The number of carbonyl (C=O) groups is 1. The molecule has 0 bridgehead atoms. The van der Waals surface area contributed by atoms with Gasteiger partial charge < -0.3 is 9.80 Å². The molecule has 0 spiro atoms. The Morgan fingerprint density at radius 3 is 2.55 bits per heavy atom. The third-order valence-electron chi connectivity index (χ3n) is 4.13. The summed E-state index contributed by atoms with van der Waals surface area (Å²) in [5.41, 5.74) is 0. The summed E-state index contributed by atoms with van der Waals surface area (Å²) >= 11 is 3.14. The third kappa shape index (κ3) is 3.06. The van der Waals surface area contributed by atoms with Crippen LogP contribution in [0.1, 0.15) is 12.8 Å². The number of rotatable bonds is 2. The van der Waals surface area contributed by atoms with Gasteiger partial charge in [0.05, 0.1) is 5.92 Å². The van der Waals surface area contributed by atoms with Gasteiger partial charge in [0.2, 0.25) is 5.91 Å². The molecule has 2 aliphatic heterocycles. The molecule has 8 heteroatoms. The number of hydrogen-bond acceptors (Lipinski definition) is 3. The minimum Gasteiger partial charge on any atom is -0.352 e. The number of piperidine rings is 1. The molecule has 0 radical (unpaired) electrons. The van der Waals surface area contributed by atoms with Crippen molar-refractivity contribution >= 4 is 27.7 Å². The van der Waals surface area contributed by atoms with Crippen molar-refractivity contribution in [3.63, 3.8) is 0 Å². The first-order valence-electron chi connectivity index (χ1n) is 7.08. The summed E-state index contributed by atoms with van der Waals surface area (Å²) in [4.78, 5) is 19.4. The first-order chi connectivity index (χ1) is 10.4. The molecule has 1 aromatic rings. The van der Waals surface area contributed by atoms with Crippen LogP contribution >= 0.6 is 15.9 Å². The molecule has 0 aliphatic carbocycles. The molecule has 2 saturated heterocycles. The normalized spacial score (nSPS) is 21.6. The van der Waals surface area contributed by atoms with Crippen LogP contribution in [0.15, 0.2) is 16.7 Å². The Morgan fingerprint density at radius 2 is 1.95 bits per heavy atom. The molecule has 0 aromatic carbocycles. The zero-order valence-electron chi connectivity index (χ0n) is 11.7. The second kappa shape index (κ2) is 5.72. The molecule has 2 fully saturated rings. The van der Waals surface area contributed by atoms with Crippen LogP contribution in [0.5, 0.6) is 0 Å². The summed E-state index contributed by atoms with van der Waals surface area (Å²) in [6, 6.07) is 1.32. The predicted molar refractivity (Wildman–Crippen MR) is 78.4 cm³/mol. The van der Waals surface area contributed by atoms with E-state index >= 15 is 0 Å². The van der Waals surface area contributed by atoms with E-state index in [0.717, 1.165) is 0 Å². The number of alkyl halides is 2. The molecule has 3 heterocycles. The summed E-state index contributed by atoms with van der Waals surface area (Å²) in [6.07, 6.45) is 0.941. The molecule has 0 unspecified atom stereocenters. The van der Waals surface area contributed by atoms with Crippen molar-refractivity contribution in [2.75, 3.05) is 31.1 Å². The Morgan fingerprint density at radius 1 is 1.32 bits per heavy atom. The molecule has 0 N–H and O–H groups in total. The Balaban J connectivity index is 1.56. The lowest BCUT2D eigenvalue weighted by molar-refractivity contribution is -0.142. The van der Waals surface area contributed by atoms with Gasteiger partial charge in [-0.25, -0.2) is 18.2 Å². The van der Waals surface area contributed by atoms with E-state index in [9.17, 15) is 18.0 Å². The van der Waals surface area contributed by atoms with Gasteiger partial charge in [-0.1, -0.05) is 0 Å². The van der Waals surface area contributed by atoms with E-state index in [1.807, 2.05) is 0 Å². The van der Waals surface area contributed by atoms with Crippen molar-refractivity contribution in [3.05, 3.63) is 22.6 Å². The highest BCUT2D eigenvalue weighted by atomic mass is 79.9. The van der Waals surface area contributed by atoms with Crippen LogP contribution in [-0.4, -0.2) is 47.9 Å². The van der Waals surface area contributed by atoms with Crippen LogP contribution in [0.3, 0.4) is 0 Å². The largest absolute Gasteiger partial charge is 0.352 e. The van der Waals surface area contributed by atoms with Crippen LogP contribution < -0.4 is 4.90 Å². The number of hydrogen-bond donors (Lipinski definition) is 0. The summed E-state index contributed by atoms with van der Waals surface area (Å²) in [5, 5.41) is 0. The van der Waals surface area contributed by atoms with Crippen molar-refractivity contribution in [1.29, 1.82) is 0 Å². The van der Waals surface area contributed by atoms with Crippen molar-refractivity contribution in [2.45, 2.75) is 18.8 Å². The Hall–Kier alpha value is -1.31. The topological polar surface area (TPSA) is 36.4 Å². The van der Waals surface area contributed by atoms with E-state index in [1.165, 1.54) is 17.2 Å². The first kappa shape index (κ1) is 15.6. The molecular weight excluding hydrogens is 363 g/mol. The van der Waals surface area contributed by atoms with Gasteiger partial charge in [-0.3, -0.25) is 4.79 Å². The van der Waals surface area contributed by atoms with Crippen LogP contribution in [0.2, 0.25) is 0 Å². The smallest absolute Gasteiger partial charge is 0.251 e. The summed E-state index contributed by atoms with van der Waals surface area (Å²) < 4.78 is 40.5. The highest BCUT2D eigenvalue weighted by Crippen LogP contribution is 2.31. The van der Waals surface area contributed by atoms with E-state index in [4.69, 9.17) is 0 Å². The first-order valence-corrected chi connectivity index (χ1v) is 7.88. The number of nitrogens with zero attached hydrogens (tertiary/aromatic N) is 3. The average Bonchev–Trinajstić information content (AvgIpc) is 2.39. The fourth-order valence-electron chi connectivity index (χ4n) is 2.76. The van der Waals surface area contributed by atoms with Gasteiger partial charge in [-0.2, -0.15) is 0 Å². The number of anilines is 1. The van der Waals surface area contributed by atoms with Crippen LogP contribution in [0.4, 0.5) is 19.0 Å². The number of carbonyl (C=O) groups excluding carboxylic acids is 1. The monoisotopic (exact) mass is 377 g/mol. The number of pyridine rings is 1. The van der Waals surface area contributed by atoms with E-state index in [-0.39, 0.29) is 43.6 Å². The number of aromatic nitrogens is 1. The highest BCUT2D eigenvalue weighted by Gasteiger charge is 2.41. The van der Waals surface area contributed by atoms with Crippen molar-refractivity contribution in [3.8, 4) is 0 Å². The molecule has 1 amide bonds. The zero-order chi connectivity index (χ0) is 15.9. The number of amides is 1. The van der Waals surface area contributed by atoms with Gasteiger partial charge in [0.1, 0.15) is 0 Å². The Bertz CT molecular complexity index is 583. The molecule has 22 heavy (non-hydrogen) atoms. The van der Waals surface area contributed by atoms with Crippen LogP contribution in [0.25, 0.3) is 0 Å². The third-order valence-corrected chi connectivity index (χ3v) is 4.56. The minimum atomic E-state index is -2.66. The number of halogens is 4. The van der Waals surface area contributed by atoms with E-state index in [1.54, 1.807) is 4.90 Å². The standard InChI is InChI=1S/C14H15BrF3N3O/c15-10-5-11(16)12(19-6-10)21-7-9(8-21)13(22)20-3-1-14(17,18)2-4-20/h5-6,9H,1-4,7-8H2. The second-order valence-corrected chi connectivity index (χ2v) is 6.66. The summed E-state index contributed by atoms with van der Waals surface area (Å²) in [5.74, 6) is -3.27. The average molecular weight is 378 g/mol. The molecule has 0 saturated carbocycles. The molecule has 2 aliphatic rings. The Labute approximate surface area is 134 Å². The maximum absolute atomic E-state index is 13.8. The molecule has 0 atom stereocenters. The lowest BCUT2D eigenvalue weighted by atomic mass is 9.96. The van der Waals surface area contributed by atoms with E-state index in [2.05, 4.69) is 20.9 Å². The molecule has 4 nitrogen and oxygen atoms in total. The van der Waals surface area contributed by atoms with Crippen LogP contribution in [0, 0.1) is 11.7 Å². The fraction of sp³-hybridized carbons (Fsp3) is 0.571. The highest BCUT2D eigenvalue weighted by molar-refractivity contribution is 9.10. The lowest BCUT2D eigenvalue weighted by Crippen LogP contribution is -2.56. The quantitative estimate of drug-likeness (QED) is 0.794. The zero-order valence-corrected chi connectivity index (χ0v) is 13.3. The molecular formula is C14H15BrF3N3O. The Kier molecular flexibility index (Phi) is 4.05. The van der Waals surface area contributed by atoms with Crippen molar-refractivity contribution in [1.82, 2.24) is 9.88 Å². The van der Waals surface area contributed by atoms with Gasteiger partial charge in [-0.15, -0.1) is 0 Å². The summed E-state index contributed by atoms with van der Waals surface area (Å²) in [7, 11) is 0. The summed E-state index contributed by atoms with van der Waals surface area (Å²) in [6.45, 7) is 0.926. The molecule has 3 rings (SSSR count). The SMILES string of the molecule is O=C(C1CN(c2ncc(Br)cc2F)C1)N1CCC(F)(F)CC1. The minimum absolute atomic E-state index is 0.0905. The van der Waals surface area contributed by atoms with Gasteiger partial charge >= 0.3 is 0 Å². The van der Waals surface area contributed by atoms with Crippen molar-refractivity contribution in [2.24, 2.45) is 5.92 Å².